The summed E-state index contributed by atoms with van der Waals surface area (Å²) < 4.78 is 27.7. The molecule has 1 aliphatic carbocycles. The molecule has 0 amide bonds. The minimum Gasteiger partial charge on any atom is -0.467 e. The Morgan fingerprint density at radius 3 is 2.91 bits per heavy atom. The molecule has 170 valence electrons. The molecule has 0 spiro atoms. The molecular formula is C21H23FN4O6. The zero-order chi connectivity index (χ0) is 22.7. The lowest BCUT2D eigenvalue weighted by Gasteiger charge is -2.34. The lowest BCUT2D eigenvalue weighted by molar-refractivity contribution is 0.143. The Morgan fingerprint density at radius 2 is 2.19 bits per heavy atom. The van der Waals surface area contributed by atoms with E-state index in [1.807, 2.05) is 17.1 Å². The minimum atomic E-state index is -1.66. The summed E-state index contributed by atoms with van der Waals surface area (Å²) in [6.07, 6.45) is 4.47. The normalized spacial score (nSPS) is 23.9. The van der Waals surface area contributed by atoms with Crippen LogP contribution >= 0.6 is 0 Å². The van der Waals surface area contributed by atoms with E-state index >= 15 is 4.39 Å². The highest BCUT2D eigenvalue weighted by atomic mass is 19.1. The Hall–Kier alpha value is -3.47. The molecule has 4 N–H and O–H groups in total. The first-order valence-corrected chi connectivity index (χ1v) is 10.3. The fourth-order valence-corrected chi connectivity index (χ4v) is 5.15. The standard InChI is InChI=1S/C21H23FN4O6/c1-24-9-31-20-17-14(19(28)13(7-26(17)24)32-21(29)30)16(23)15(22)18(20)25-5-10-3-2-4-11(8-27)12(10)6-25/h2,4,7,10-12,27H,3,5-6,8-9,23H2,1H3,(H,29,30). The number of anilines is 2. The number of halogens is 1. The van der Waals surface area contributed by atoms with Crippen molar-refractivity contribution in [3.63, 3.8) is 0 Å². The van der Waals surface area contributed by atoms with Crippen LogP contribution in [0, 0.1) is 23.6 Å². The number of hydrogen-bond donors (Lipinski definition) is 3. The van der Waals surface area contributed by atoms with Crippen LogP contribution in [-0.4, -0.2) is 54.5 Å². The molecule has 10 nitrogen and oxygen atoms in total. The van der Waals surface area contributed by atoms with Crippen molar-refractivity contribution < 1.29 is 28.9 Å². The number of nitrogens with two attached hydrogens (primary N) is 1. The Morgan fingerprint density at radius 1 is 1.41 bits per heavy atom. The van der Waals surface area contributed by atoms with Crippen molar-refractivity contribution in [2.45, 2.75) is 6.42 Å². The number of aliphatic hydroxyl groups is 1. The van der Waals surface area contributed by atoms with Crippen LogP contribution < -0.4 is 30.5 Å². The number of allylic oxidation sites excluding steroid dienone is 1. The van der Waals surface area contributed by atoms with Crippen molar-refractivity contribution in [2.75, 3.05) is 49.1 Å². The van der Waals surface area contributed by atoms with E-state index in [2.05, 4.69) is 4.74 Å². The lowest BCUT2D eigenvalue weighted by Crippen LogP contribution is -2.39. The highest BCUT2D eigenvalue weighted by Crippen LogP contribution is 2.47. The quantitative estimate of drug-likeness (QED) is 0.363. The molecule has 0 radical (unpaired) electrons. The molecule has 3 aliphatic rings. The van der Waals surface area contributed by atoms with Gasteiger partial charge < -0.3 is 30.3 Å². The molecule has 1 aromatic carbocycles. The van der Waals surface area contributed by atoms with Gasteiger partial charge in [0.05, 0.1) is 17.3 Å². The maximum Gasteiger partial charge on any atom is 0.511 e. The van der Waals surface area contributed by atoms with Gasteiger partial charge in [-0.15, -0.1) is 0 Å². The first kappa shape index (κ1) is 20.4. The molecule has 0 saturated carbocycles. The number of nitrogen functional groups attached to an aromatic ring is 1. The smallest absolute Gasteiger partial charge is 0.467 e. The number of benzene rings is 1. The summed E-state index contributed by atoms with van der Waals surface area (Å²) in [5.41, 5.74) is 5.31. The summed E-state index contributed by atoms with van der Waals surface area (Å²) in [6.45, 7) is 1.13. The van der Waals surface area contributed by atoms with Gasteiger partial charge in [0.2, 0.25) is 11.2 Å². The van der Waals surface area contributed by atoms with E-state index in [1.165, 1.54) is 10.9 Å². The van der Waals surface area contributed by atoms with Gasteiger partial charge in [0, 0.05) is 32.7 Å². The zero-order valence-corrected chi connectivity index (χ0v) is 17.3. The van der Waals surface area contributed by atoms with Crippen molar-refractivity contribution in [3.8, 4) is 11.5 Å². The Bertz CT molecular complexity index is 1210. The maximum absolute atomic E-state index is 15.7. The van der Waals surface area contributed by atoms with Gasteiger partial charge in [-0.3, -0.25) is 14.5 Å². The largest absolute Gasteiger partial charge is 0.511 e. The highest BCUT2D eigenvalue weighted by molar-refractivity contribution is 6.01. The van der Waals surface area contributed by atoms with Crippen molar-refractivity contribution in [1.29, 1.82) is 0 Å². The van der Waals surface area contributed by atoms with Gasteiger partial charge in [-0.2, -0.15) is 0 Å². The van der Waals surface area contributed by atoms with Crippen molar-refractivity contribution >= 4 is 28.4 Å². The summed E-state index contributed by atoms with van der Waals surface area (Å²) in [4.78, 5) is 25.8. The predicted molar refractivity (Wildman–Crippen MR) is 114 cm³/mol. The molecular weight excluding hydrogens is 423 g/mol. The molecule has 1 saturated heterocycles. The number of aliphatic hydroxyl groups excluding tert-OH is 1. The Labute approximate surface area is 181 Å². The fraction of sp³-hybridized carbons (Fsp3) is 0.429. The van der Waals surface area contributed by atoms with E-state index in [-0.39, 0.29) is 59.1 Å². The van der Waals surface area contributed by atoms with E-state index in [0.717, 1.165) is 6.42 Å². The van der Waals surface area contributed by atoms with E-state index in [0.29, 0.717) is 13.1 Å². The number of nitrogens with zero attached hydrogens (tertiary/aromatic N) is 3. The van der Waals surface area contributed by atoms with Crippen LogP contribution in [0.4, 0.5) is 20.6 Å². The third kappa shape index (κ3) is 2.88. The van der Waals surface area contributed by atoms with Gasteiger partial charge in [-0.1, -0.05) is 12.2 Å². The molecule has 3 heterocycles. The molecule has 1 aromatic heterocycles. The van der Waals surface area contributed by atoms with Gasteiger partial charge in [0.15, 0.2) is 18.3 Å². The topological polar surface area (TPSA) is 130 Å². The second kappa shape index (κ2) is 7.30. The number of pyridine rings is 1. The molecule has 1 fully saturated rings. The monoisotopic (exact) mass is 446 g/mol. The van der Waals surface area contributed by atoms with Crippen LogP contribution in [0.15, 0.2) is 23.1 Å². The summed E-state index contributed by atoms with van der Waals surface area (Å²) in [5, 5.41) is 20.1. The van der Waals surface area contributed by atoms with Crippen LogP contribution in [0.2, 0.25) is 0 Å². The van der Waals surface area contributed by atoms with E-state index in [4.69, 9.17) is 15.6 Å². The van der Waals surface area contributed by atoms with Gasteiger partial charge >= 0.3 is 6.16 Å². The van der Waals surface area contributed by atoms with Crippen molar-refractivity contribution in [2.24, 2.45) is 17.8 Å². The third-order valence-corrected chi connectivity index (χ3v) is 6.65. The number of rotatable bonds is 3. The number of ether oxygens (including phenoxy) is 2. The average Bonchev–Trinajstić information content (AvgIpc) is 3.19. The summed E-state index contributed by atoms with van der Waals surface area (Å²) in [5.74, 6) is -0.686. The molecule has 2 aliphatic heterocycles. The van der Waals surface area contributed by atoms with E-state index in [1.54, 1.807) is 12.1 Å². The summed E-state index contributed by atoms with van der Waals surface area (Å²) in [7, 11) is 1.67. The Balaban J connectivity index is 1.71. The molecule has 11 heteroatoms. The third-order valence-electron chi connectivity index (χ3n) is 6.65. The number of carbonyl (C=O) groups is 1. The number of carboxylic acid groups (broad SMARTS) is 1. The average molecular weight is 446 g/mol. The van der Waals surface area contributed by atoms with Crippen LogP contribution in [0.5, 0.6) is 11.5 Å². The minimum absolute atomic E-state index is 0.00284. The molecule has 0 bridgehead atoms. The maximum atomic E-state index is 15.7. The first-order chi connectivity index (χ1) is 15.3. The second-order valence-electron chi connectivity index (χ2n) is 8.43. The molecule has 2 aromatic rings. The van der Waals surface area contributed by atoms with Gasteiger partial charge in [-0.25, -0.2) is 9.18 Å². The summed E-state index contributed by atoms with van der Waals surface area (Å²) in [6, 6.07) is 0. The number of fused-ring (bicyclic) bond motifs is 1. The van der Waals surface area contributed by atoms with Gasteiger partial charge in [0.25, 0.3) is 0 Å². The summed E-state index contributed by atoms with van der Waals surface area (Å²) >= 11 is 0. The second-order valence-corrected chi connectivity index (χ2v) is 8.43. The van der Waals surface area contributed by atoms with Crippen molar-refractivity contribution in [1.82, 2.24) is 4.68 Å². The van der Waals surface area contributed by atoms with Gasteiger partial charge in [-0.05, 0) is 18.3 Å². The van der Waals surface area contributed by atoms with E-state index < -0.39 is 23.2 Å². The Kier molecular flexibility index (Phi) is 4.66. The SMILES string of the molecule is CN1COc2c(N3CC4CC=CC(CO)C4C3)c(F)c(N)c3c(=O)c(OC(=O)O)cn1c23. The number of aromatic nitrogens is 1. The molecule has 3 atom stereocenters. The first-order valence-electron chi connectivity index (χ1n) is 10.3. The van der Waals surface area contributed by atoms with Crippen LogP contribution in [0.25, 0.3) is 10.9 Å². The van der Waals surface area contributed by atoms with Gasteiger partial charge in [0.1, 0.15) is 11.2 Å². The zero-order valence-electron chi connectivity index (χ0n) is 17.3. The van der Waals surface area contributed by atoms with Crippen LogP contribution in [0.3, 0.4) is 0 Å². The van der Waals surface area contributed by atoms with E-state index in [9.17, 15) is 14.7 Å². The van der Waals surface area contributed by atoms with Crippen LogP contribution in [0.1, 0.15) is 6.42 Å². The lowest BCUT2D eigenvalue weighted by atomic mass is 9.78. The predicted octanol–water partition coefficient (Wildman–Crippen LogP) is 1.32. The van der Waals surface area contributed by atoms with Crippen LogP contribution in [-0.2, 0) is 0 Å². The van der Waals surface area contributed by atoms with Crippen molar-refractivity contribution in [3.05, 3.63) is 34.4 Å². The number of hydrogen-bond acceptors (Lipinski definition) is 8. The molecule has 32 heavy (non-hydrogen) atoms. The molecule has 5 rings (SSSR count). The fourth-order valence-electron chi connectivity index (χ4n) is 5.15. The molecule has 3 unspecified atom stereocenters. The highest BCUT2D eigenvalue weighted by Gasteiger charge is 2.41.